The van der Waals surface area contributed by atoms with E-state index in [1.807, 2.05) is 14.0 Å². The maximum atomic E-state index is 4.60. The van der Waals surface area contributed by atoms with Gasteiger partial charge in [-0.1, -0.05) is 12.8 Å². The molecule has 82 valence electrons. The molecule has 0 saturated heterocycles. The summed E-state index contributed by atoms with van der Waals surface area (Å²) in [5, 5.41) is 3.14. The Morgan fingerprint density at radius 3 is 2.53 bits per heavy atom. The number of aromatic nitrogens is 2. The van der Waals surface area contributed by atoms with E-state index in [1.165, 1.54) is 34.9 Å². The third-order valence-electron chi connectivity index (χ3n) is 2.97. The van der Waals surface area contributed by atoms with Gasteiger partial charge in [-0.05, 0) is 42.4 Å². The van der Waals surface area contributed by atoms with Crippen molar-refractivity contribution in [2.24, 2.45) is 0 Å². The summed E-state index contributed by atoms with van der Waals surface area (Å²) in [5.41, 5.74) is 1.25. The number of nitrogens with zero attached hydrogens (tertiary/aromatic N) is 2. The van der Waals surface area contributed by atoms with Gasteiger partial charge in [0.2, 0.25) is 0 Å². The second-order valence-corrected chi connectivity index (χ2v) is 5.13. The highest BCUT2D eigenvalue weighted by atomic mass is 127. The van der Waals surface area contributed by atoms with Gasteiger partial charge in [-0.25, -0.2) is 9.97 Å². The predicted molar refractivity (Wildman–Crippen MR) is 70.2 cm³/mol. The van der Waals surface area contributed by atoms with Crippen LogP contribution in [-0.2, 0) is 0 Å². The van der Waals surface area contributed by atoms with E-state index in [-0.39, 0.29) is 0 Å². The number of nitrogens with one attached hydrogen (secondary N) is 1. The van der Waals surface area contributed by atoms with Crippen molar-refractivity contribution in [1.82, 2.24) is 9.97 Å². The Bertz CT molecular complexity index is 359. The van der Waals surface area contributed by atoms with E-state index >= 15 is 0 Å². The van der Waals surface area contributed by atoms with E-state index in [4.69, 9.17) is 0 Å². The molecule has 4 heteroatoms. The Balaban J connectivity index is 2.40. The summed E-state index contributed by atoms with van der Waals surface area (Å²) < 4.78 is 1.20. The van der Waals surface area contributed by atoms with Gasteiger partial charge in [0.05, 0.1) is 9.26 Å². The molecule has 1 fully saturated rings. The van der Waals surface area contributed by atoms with Crippen molar-refractivity contribution in [3.8, 4) is 0 Å². The van der Waals surface area contributed by atoms with Crippen LogP contribution >= 0.6 is 22.6 Å². The number of aryl methyl sites for hydroxylation is 1. The second-order valence-electron chi connectivity index (χ2n) is 4.05. The normalized spacial score (nSPS) is 17.0. The molecule has 0 aromatic carbocycles. The van der Waals surface area contributed by atoms with Crippen molar-refractivity contribution >= 4 is 28.4 Å². The fraction of sp³-hybridized carbons (Fsp3) is 0.636. The largest absolute Gasteiger partial charge is 0.372 e. The third-order valence-corrected chi connectivity index (χ3v) is 4.03. The lowest BCUT2D eigenvalue weighted by molar-refractivity contribution is 0.684. The maximum absolute atomic E-state index is 4.60. The molecule has 1 aliphatic carbocycles. The van der Waals surface area contributed by atoms with Gasteiger partial charge < -0.3 is 5.32 Å². The van der Waals surface area contributed by atoms with Crippen molar-refractivity contribution < 1.29 is 0 Å². The van der Waals surface area contributed by atoms with Gasteiger partial charge in [0.25, 0.3) is 0 Å². The van der Waals surface area contributed by atoms with Crippen molar-refractivity contribution in [3.63, 3.8) is 0 Å². The molecule has 1 saturated carbocycles. The topological polar surface area (TPSA) is 37.8 Å². The fourth-order valence-corrected chi connectivity index (χ4v) is 3.17. The van der Waals surface area contributed by atoms with E-state index < -0.39 is 0 Å². The molecule has 2 rings (SSSR count). The maximum Gasteiger partial charge on any atom is 0.143 e. The Hall–Kier alpha value is -0.390. The Kier molecular flexibility index (Phi) is 3.43. The minimum Gasteiger partial charge on any atom is -0.372 e. The summed E-state index contributed by atoms with van der Waals surface area (Å²) in [6.07, 6.45) is 5.27. The molecular formula is C11H16IN3. The standard InChI is InChI=1S/C11H16IN3/c1-7-14-10(8-5-3-4-6-8)9(12)11(13-2)15-7/h8H,3-6H2,1-2H3,(H,13,14,15). The van der Waals surface area contributed by atoms with Crippen LogP contribution in [-0.4, -0.2) is 17.0 Å². The average Bonchev–Trinajstić information content (AvgIpc) is 2.74. The monoisotopic (exact) mass is 317 g/mol. The van der Waals surface area contributed by atoms with Gasteiger partial charge in [-0.15, -0.1) is 0 Å². The molecule has 0 bridgehead atoms. The smallest absolute Gasteiger partial charge is 0.143 e. The van der Waals surface area contributed by atoms with Gasteiger partial charge in [0.15, 0.2) is 0 Å². The predicted octanol–water partition coefficient (Wildman–Crippen LogP) is 3.09. The molecular weight excluding hydrogens is 301 g/mol. The minimum atomic E-state index is 0.658. The van der Waals surface area contributed by atoms with Crippen LogP contribution in [0.2, 0.25) is 0 Å². The molecule has 0 amide bonds. The Labute approximate surface area is 104 Å². The number of anilines is 1. The third kappa shape index (κ3) is 2.24. The zero-order chi connectivity index (χ0) is 10.8. The van der Waals surface area contributed by atoms with E-state index in [0.29, 0.717) is 5.92 Å². The lowest BCUT2D eigenvalue weighted by atomic mass is 10.0. The van der Waals surface area contributed by atoms with Crippen LogP contribution in [0.4, 0.5) is 5.82 Å². The van der Waals surface area contributed by atoms with Crippen LogP contribution in [0, 0.1) is 10.5 Å². The van der Waals surface area contributed by atoms with E-state index in [0.717, 1.165) is 11.6 Å². The fourth-order valence-electron chi connectivity index (χ4n) is 2.22. The van der Waals surface area contributed by atoms with Gasteiger partial charge in [-0.3, -0.25) is 0 Å². The summed E-state index contributed by atoms with van der Waals surface area (Å²) in [4.78, 5) is 9.00. The summed E-state index contributed by atoms with van der Waals surface area (Å²) >= 11 is 2.36. The molecule has 0 unspecified atom stereocenters. The molecule has 1 aliphatic rings. The number of rotatable bonds is 2. The first kappa shape index (κ1) is 11.1. The SMILES string of the molecule is CNc1nc(C)nc(C2CCCC2)c1I. The van der Waals surface area contributed by atoms with Crippen LogP contribution in [0.5, 0.6) is 0 Å². The van der Waals surface area contributed by atoms with E-state index in [2.05, 4.69) is 37.9 Å². The quantitative estimate of drug-likeness (QED) is 0.852. The first-order valence-corrected chi connectivity index (χ1v) is 6.52. The summed E-state index contributed by atoms with van der Waals surface area (Å²) in [6.45, 7) is 1.97. The summed E-state index contributed by atoms with van der Waals surface area (Å²) in [7, 11) is 1.92. The summed E-state index contributed by atoms with van der Waals surface area (Å²) in [5.74, 6) is 2.51. The molecule has 0 spiro atoms. The average molecular weight is 317 g/mol. The molecule has 1 heterocycles. The highest BCUT2D eigenvalue weighted by molar-refractivity contribution is 14.1. The van der Waals surface area contributed by atoms with Crippen molar-refractivity contribution in [3.05, 3.63) is 15.1 Å². The number of hydrogen-bond acceptors (Lipinski definition) is 3. The molecule has 15 heavy (non-hydrogen) atoms. The van der Waals surface area contributed by atoms with Gasteiger partial charge in [0, 0.05) is 13.0 Å². The van der Waals surface area contributed by atoms with Crippen LogP contribution in [0.1, 0.15) is 43.1 Å². The highest BCUT2D eigenvalue weighted by Gasteiger charge is 2.22. The van der Waals surface area contributed by atoms with Crippen LogP contribution in [0.25, 0.3) is 0 Å². The Morgan fingerprint density at radius 2 is 1.93 bits per heavy atom. The van der Waals surface area contributed by atoms with Crippen molar-refractivity contribution in [2.45, 2.75) is 38.5 Å². The number of hydrogen-bond donors (Lipinski definition) is 1. The molecule has 1 aromatic rings. The molecule has 3 nitrogen and oxygen atoms in total. The molecule has 1 N–H and O–H groups in total. The van der Waals surface area contributed by atoms with Crippen molar-refractivity contribution in [1.29, 1.82) is 0 Å². The zero-order valence-electron chi connectivity index (χ0n) is 9.18. The first-order valence-electron chi connectivity index (χ1n) is 5.44. The minimum absolute atomic E-state index is 0.658. The van der Waals surface area contributed by atoms with E-state index in [9.17, 15) is 0 Å². The highest BCUT2D eigenvalue weighted by Crippen LogP contribution is 2.36. The second kappa shape index (κ2) is 4.63. The van der Waals surface area contributed by atoms with E-state index in [1.54, 1.807) is 0 Å². The van der Waals surface area contributed by atoms with Crippen LogP contribution in [0.3, 0.4) is 0 Å². The number of halogens is 1. The molecule has 0 atom stereocenters. The van der Waals surface area contributed by atoms with Gasteiger partial charge >= 0.3 is 0 Å². The van der Waals surface area contributed by atoms with Crippen LogP contribution in [0.15, 0.2) is 0 Å². The van der Waals surface area contributed by atoms with Gasteiger partial charge in [0.1, 0.15) is 11.6 Å². The first-order chi connectivity index (χ1) is 7.22. The Morgan fingerprint density at radius 1 is 1.27 bits per heavy atom. The van der Waals surface area contributed by atoms with Gasteiger partial charge in [-0.2, -0.15) is 0 Å². The van der Waals surface area contributed by atoms with Crippen LogP contribution < -0.4 is 5.32 Å². The van der Waals surface area contributed by atoms with Crippen molar-refractivity contribution in [2.75, 3.05) is 12.4 Å². The molecule has 0 aliphatic heterocycles. The molecule has 0 radical (unpaired) electrons. The molecule has 1 aromatic heterocycles. The zero-order valence-corrected chi connectivity index (χ0v) is 11.3. The summed E-state index contributed by atoms with van der Waals surface area (Å²) in [6, 6.07) is 0. The lowest BCUT2D eigenvalue weighted by Crippen LogP contribution is -2.07. The lowest BCUT2D eigenvalue weighted by Gasteiger charge is -2.14.